The molecule has 1 heterocycles. The topological polar surface area (TPSA) is 40.5 Å². The number of halogens is 3. The summed E-state index contributed by atoms with van der Waals surface area (Å²) in [4.78, 5) is 12.3. The number of carbonyl (C=O) groups is 1. The molecule has 4 aromatic rings. The Bertz CT molecular complexity index is 1380. The number of nitrogens with zero attached hydrogens (tertiary/aromatic N) is 1. The first kappa shape index (κ1) is 24.2. The Labute approximate surface area is 213 Å². The zero-order valence-corrected chi connectivity index (χ0v) is 21.1. The fourth-order valence-electron chi connectivity index (χ4n) is 3.79. The first-order valence-electron chi connectivity index (χ1n) is 10.5. The number of carbonyl (C=O) groups excluding carboxylic acids is 1. The van der Waals surface area contributed by atoms with Crippen molar-refractivity contribution in [1.29, 1.82) is 0 Å². The lowest BCUT2D eigenvalue weighted by Crippen LogP contribution is -2.07. The van der Waals surface area contributed by atoms with Crippen molar-refractivity contribution in [3.63, 3.8) is 0 Å². The van der Waals surface area contributed by atoms with E-state index >= 15 is 0 Å². The lowest BCUT2D eigenvalue weighted by Gasteiger charge is -2.17. The third kappa shape index (κ3) is 4.95. The van der Waals surface area contributed by atoms with Crippen LogP contribution in [0, 0.1) is 13.8 Å². The van der Waals surface area contributed by atoms with E-state index in [4.69, 9.17) is 44.3 Å². The second-order valence-electron chi connectivity index (χ2n) is 7.85. The fraction of sp³-hybridized carbons (Fsp3) is 0.148. The second-order valence-corrected chi connectivity index (χ2v) is 9.13. The summed E-state index contributed by atoms with van der Waals surface area (Å²) in [7, 11) is 1.38. The van der Waals surface area contributed by atoms with Crippen LogP contribution in [0.15, 0.2) is 66.7 Å². The summed E-state index contributed by atoms with van der Waals surface area (Å²) in [5.41, 5.74) is 5.67. The molecule has 0 aliphatic rings. The van der Waals surface area contributed by atoms with Crippen molar-refractivity contribution in [1.82, 2.24) is 4.57 Å². The molecule has 0 saturated carbocycles. The third-order valence-electron chi connectivity index (χ3n) is 5.58. The lowest BCUT2D eigenvalue weighted by molar-refractivity contribution is 0.0600. The number of rotatable bonds is 6. The molecule has 174 valence electrons. The predicted molar refractivity (Wildman–Crippen MR) is 138 cm³/mol. The highest BCUT2D eigenvalue weighted by molar-refractivity contribution is 6.35. The van der Waals surface area contributed by atoms with Crippen molar-refractivity contribution in [2.45, 2.75) is 20.5 Å². The number of ether oxygens (including phenoxy) is 2. The summed E-state index contributed by atoms with van der Waals surface area (Å²) in [6.45, 7) is 4.14. The summed E-state index contributed by atoms with van der Waals surface area (Å²) in [5.74, 6) is 0.271. The van der Waals surface area contributed by atoms with Gasteiger partial charge >= 0.3 is 5.97 Å². The second kappa shape index (κ2) is 10.1. The SMILES string of the molecule is COC(=O)c1cc(-n2c(C)ccc2-c2cc(Cl)ccc2OCc2ccc(Cl)cc2Cl)ccc1C. The van der Waals surface area contributed by atoms with Gasteiger partial charge in [-0.1, -0.05) is 46.9 Å². The van der Waals surface area contributed by atoms with Crippen molar-refractivity contribution in [2.75, 3.05) is 7.11 Å². The van der Waals surface area contributed by atoms with E-state index in [0.717, 1.165) is 33.8 Å². The number of esters is 1. The summed E-state index contributed by atoms with van der Waals surface area (Å²) in [5, 5.41) is 1.69. The van der Waals surface area contributed by atoms with Gasteiger partial charge < -0.3 is 14.0 Å². The predicted octanol–water partition coefficient (Wildman–Crippen LogP) is 8.09. The van der Waals surface area contributed by atoms with Gasteiger partial charge in [-0.3, -0.25) is 0 Å². The van der Waals surface area contributed by atoms with Gasteiger partial charge in [0.25, 0.3) is 0 Å². The molecule has 0 radical (unpaired) electrons. The van der Waals surface area contributed by atoms with Crippen LogP contribution in [0.1, 0.15) is 27.2 Å². The van der Waals surface area contributed by atoms with Gasteiger partial charge in [0, 0.05) is 37.6 Å². The zero-order valence-electron chi connectivity index (χ0n) is 18.9. The zero-order chi connectivity index (χ0) is 24.4. The third-order valence-corrected chi connectivity index (χ3v) is 6.40. The quantitative estimate of drug-likeness (QED) is 0.244. The molecule has 0 fully saturated rings. The fourth-order valence-corrected chi connectivity index (χ4v) is 4.43. The lowest BCUT2D eigenvalue weighted by atomic mass is 10.1. The molecule has 0 atom stereocenters. The van der Waals surface area contributed by atoms with Gasteiger partial charge in [-0.2, -0.15) is 0 Å². The molecule has 0 N–H and O–H groups in total. The maximum absolute atomic E-state index is 12.3. The van der Waals surface area contributed by atoms with Gasteiger partial charge in [-0.15, -0.1) is 0 Å². The van der Waals surface area contributed by atoms with Crippen molar-refractivity contribution in [3.8, 4) is 22.7 Å². The number of aryl methyl sites for hydroxylation is 2. The van der Waals surface area contributed by atoms with E-state index in [1.54, 1.807) is 18.2 Å². The normalized spacial score (nSPS) is 10.9. The van der Waals surface area contributed by atoms with Crippen LogP contribution in [0.5, 0.6) is 5.75 Å². The Balaban J connectivity index is 1.77. The number of methoxy groups -OCH3 is 1. The first-order valence-corrected chi connectivity index (χ1v) is 11.7. The summed E-state index contributed by atoms with van der Waals surface area (Å²) >= 11 is 18.7. The van der Waals surface area contributed by atoms with Gasteiger partial charge in [-0.05, 0) is 74.0 Å². The number of hydrogen-bond acceptors (Lipinski definition) is 3. The Kier molecular flexibility index (Phi) is 7.22. The van der Waals surface area contributed by atoms with E-state index in [2.05, 4.69) is 4.57 Å². The summed E-state index contributed by atoms with van der Waals surface area (Å²) in [6.07, 6.45) is 0. The molecule has 1 aromatic heterocycles. The molecule has 0 saturated heterocycles. The first-order chi connectivity index (χ1) is 16.3. The molecule has 0 bridgehead atoms. The average Bonchev–Trinajstić information content (AvgIpc) is 3.20. The molecule has 34 heavy (non-hydrogen) atoms. The number of benzene rings is 3. The maximum atomic E-state index is 12.3. The van der Waals surface area contributed by atoms with Gasteiger partial charge in [0.15, 0.2) is 0 Å². The highest BCUT2D eigenvalue weighted by Gasteiger charge is 2.17. The van der Waals surface area contributed by atoms with E-state index < -0.39 is 0 Å². The van der Waals surface area contributed by atoms with Crippen LogP contribution in [-0.2, 0) is 11.3 Å². The molecule has 0 unspecified atom stereocenters. The molecule has 4 rings (SSSR count). The molecule has 3 aromatic carbocycles. The molecule has 0 spiro atoms. The largest absolute Gasteiger partial charge is 0.488 e. The summed E-state index contributed by atoms with van der Waals surface area (Å²) < 4.78 is 13.2. The van der Waals surface area contributed by atoms with Crippen LogP contribution in [0.25, 0.3) is 16.9 Å². The highest BCUT2D eigenvalue weighted by Crippen LogP contribution is 2.36. The standard InChI is InChI=1S/C27H22Cl3NO3/c1-16-4-9-21(14-22(16)27(32)33-3)31-17(2)5-10-25(31)23-12-19(28)8-11-26(23)34-15-18-6-7-20(29)13-24(18)30/h4-14H,15H2,1-3H3. The van der Waals surface area contributed by atoms with Crippen LogP contribution in [0.3, 0.4) is 0 Å². The van der Waals surface area contributed by atoms with Gasteiger partial charge in [0.2, 0.25) is 0 Å². The van der Waals surface area contributed by atoms with Crippen LogP contribution >= 0.6 is 34.8 Å². The number of hydrogen-bond donors (Lipinski definition) is 0. The van der Waals surface area contributed by atoms with E-state index in [0.29, 0.717) is 26.4 Å². The molecule has 0 aliphatic carbocycles. The van der Waals surface area contributed by atoms with Crippen LogP contribution in [0.2, 0.25) is 15.1 Å². The summed E-state index contributed by atoms with van der Waals surface area (Å²) in [6, 6.07) is 20.5. The van der Waals surface area contributed by atoms with Crippen molar-refractivity contribution < 1.29 is 14.3 Å². The van der Waals surface area contributed by atoms with Crippen molar-refractivity contribution in [3.05, 3.63) is 104 Å². The highest BCUT2D eigenvalue weighted by atomic mass is 35.5. The van der Waals surface area contributed by atoms with Crippen LogP contribution < -0.4 is 4.74 Å². The smallest absolute Gasteiger partial charge is 0.338 e. The molecule has 0 amide bonds. The van der Waals surface area contributed by atoms with Gasteiger partial charge in [0.1, 0.15) is 12.4 Å². The van der Waals surface area contributed by atoms with E-state index in [-0.39, 0.29) is 12.6 Å². The molecular formula is C27H22Cl3NO3. The minimum atomic E-state index is -0.377. The monoisotopic (exact) mass is 513 g/mol. The maximum Gasteiger partial charge on any atom is 0.338 e. The minimum absolute atomic E-state index is 0.265. The van der Waals surface area contributed by atoms with Crippen LogP contribution in [0.4, 0.5) is 0 Å². The molecule has 4 nitrogen and oxygen atoms in total. The van der Waals surface area contributed by atoms with Crippen molar-refractivity contribution in [2.24, 2.45) is 0 Å². The Morgan fingerprint density at radius 2 is 1.62 bits per heavy atom. The molecular weight excluding hydrogens is 493 g/mol. The molecule has 0 aliphatic heterocycles. The van der Waals surface area contributed by atoms with E-state index in [9.17, 15) is 4.79 Å². The number of aromatic nitrogens is 1. The minimum Gasteiger partial charge on any atom is -0.488 e. The van der Waals surface area contributed by atoms with Crippen LogP contribution in [-0.4, -0.2) is 17.6 Å². The Morgan fingerprint density at radius 3 is 2.35 bits per heavy atom. The Hall–Kier alpha value is -2.92. The van der Waals surface area contributed by atoms with E-state index in [1.807, 2.05) is 62.4 Å². The molecule has 7 heteroatoms. The average molecular weight is 515 g/mol. The van der Waals surface area contributed by atoms with Gasteiger partial charge in [0.05, 0.1) is 18.4 Å². The van der Waals surface area contributed by atoms with E-state index in [1.165, 1.54) is 7.11 Å². The Morgan fingerprint density at radius 1 is 0.882 bits per heavy atom. The van der Waals surface area contributed by atoms with Crippen molar-refractivity contribution >= 4 is 40.8 Å². The van der Waals surface area contributed by atoms with Gasteiger partial charge in [-0.25, -0.2) is 4.79 Å².